The summed E-state index contributed by atoms with van der Waals surface area (Å²) in [7, 11) is 0. The molecule has 1 aliphatic carbocycles. The molecule has 2 aliphatic rings. The number of hydrogen-bond donors (Lipinski definition) is 1. The van der Waals surface area contributed by atoms with Crippen LogP contribution in [0.1, 0.15) is 23.2 Å². The Morgan fingerprint density at radius 2 is 2.00 bits per heavy atom. The Morgan fingerprint density at radius 1 is 1.29 bits per heavy atom. The number of halogens is 2. The van der Waals surface area contributed by atoms with Crippen molar-refractivity contribution in [2.45, 2.75) is 12.8 Å². The predicted molar refractivity (Wildman–Crippen MR) is 77.3 cm³/mol. The van der Waals surface area contributed by atoms with E-state index in [-0.39, 0.29) is 23.9 Å². The zero-order valence-electron chi connectivity index (χ0n) is 11.3. The molecular weight excluding hydrogens is 341 g/mol. The van der Waals surface area contributed by atoms with Crippen LogP contribution in [-0.2, 0) is 4.79 Å². The first-order chi connectivity index (χ1) is 9.97. The molecule has 1 heterocycles. The Labute approximate surface area is 130 Å². The predicted octanol–water partition coefficient (Wildman–Crippen LogP) is 2.77. The summed E-state index contributed by atoms with van der Waals surface area (Å²) in [5, 5.41) is 9.32. The first-order valence-corrected chi connectivity index (χ1v) is 7.74. The van der Waals surface area contributed by atoms with Crippen LogP contribution in [0.15, 0.2) is 22.7 Å². The van der Waals surface area contributed by atoms with Crippen LogP contribution in [0, 0.1) is 23.6 Å². The monoisotopic (exact) mass is 355 g/mol. The van der Waals surface area contributed by atoms with Crippen LogP contribution in [0.5, 0.6) is 0 Å². The van der Waals surface area contributed by atoms with Gasteiger partial charge in [-0.2, -0.15) is 0 Å². The average molecular weight is 356 g/mol. The van der Waals surface area contributed by atoms with E-state index in [0.29, 0.717) is 16.9 Å². The standard InChI is InChI=1S/C15H15BrFNO3/c16-13-4-3-9(17)5-10(13)14(19)18-6-11(8-1-2-8)12(7-18)15(20)21/h3-5,8,11-12H,1-2,6-7H2,(H,20,21)/t11-,12+/m1/s1. The van der Waals surface area contributed by atoms with E-state index in [1.165, 1.54) is 18.2 Å². The Morgan fingerprint density at radius 3 is 2.62 bits per heavy atom. The van der Waals surface area contributed by atoms with Gasteiger partial charge in [0.1, 0.15) is 5.82 Å². The molecule has 1 aliphatic heterocycles. The Hall–Kier alpha value is -1.43. The molecule has 3 rings (SSSR count). The van der Waals surface area contributed by atoms with Crippen molar-refractivity contribution < 1.29 is 19.1 Å². The number of amides is 1. The van der Waals surface area contributed by atoms with Crippen LogP contribution in [0.2, 0.25) is 0 Å². The third-order valence-electron chi connectivity index (χ3n) is 4.36. The van der Waals surface area contributed by atoms with Crippen LogP contribution in [-0.4, -0.2) is 35.0 Å². The van der Waals surface area contributed by atoms with Gasteiger partial charge in [-0.1, -0.05) is 0 Å². The fourth-order valence-electron chi connectivity index (χ4n) is 3.09. The van der Waals surface area contributed by atoms with Gasteiger partial charge in [0.2, 0.25) is 0 Å². The highest BCUT2D eigenvalue weighted by molar-refractivity contribution is 9.10. The average Bonchev–Trinajstić information content (AvgIpc) is 3.19. The molecule has 6 heteroatoms. The van der Waals surface area contributed by atoms with E-state index in [1.54, 1.807) is 4.90 Å². The van der Waals surface area contributed by atoms with E-state index in [2.05, 4.69) is 15.9 Å². The van der Waals surface area contributed by atoms with Gasteiger partial charge in [0.15, 0.2) is 0 Å². The topological polar surface area (TPSA) is 57.6 Å². The van der Waals surface area contributed by atoms with Crippen LogP contribution < -0.4 is 0 Å². The summed E-state index contributed by atoms with van der Waals surface area (Å²) in [4.78, 5) is 25.4. The molecule has 2 fully saturated rings. The van der Waals surface area contributed by atoms with E-state index >= 15 is 0 Å². The molecule has 1 amide bonds. The van der Waals surface area contributed by atoms with Gasteiger partial charge in [-0.3, -0.25) is 9.59 Å². The van der Waals surface area contributed by atoms with E-state index in [4.69, 9.17) is 0 Å². The van der Waals surface area contributed by atoms with Crippen molar-refractivity contribution in [2.24, 2.45) is 17.8 Å². The van der Waals surface area contributed by atoms with Crippen molar-refractivity contribution in [3.63, 3.8) is 0 Å². The Balaban J connectivity index is 1.82. The van der Waals surface area contributed by atoms with Crippen LogP contribution >= 0.6 is 15.9 Å². The van der Waals surface area contributed by atoms with Gasteiger partial charge in [-0.25, -0.2) is 4.39 Å². The maximum Gasteiger partial charge on any atom is 0.308 e. The molecule has 4 nitrogen and oxygen atoms in total. The van der Waals surface area contributed by atoms with Crippen LogP contribution in [0.4, 0.5) is 4.39 Å². The third kappa shape index (κ3) is 2.81. The minimum atomic E-state index is -0.847. The molecule has 112 valence electrons. The van der Waals surface area contributed by atoms with Crippen molar-refractivity contribution >= 4 is 27.8 Å². The lowest BCUT2D eigenvalue weighted by molar-refractivity contribution is -0.142. The van der Waals surface area contributed by atoms with Crippen molar-refractivity contribution in [1.82, 2.24) is 4.90 Å². The van der Waals surface area contributed by atoms with Crippen molar-refractivity contribution in [3.05, 3.63) is 34.1 Å². The molecular formula is C15H15BrFNO3. The van der Waals surface area contributed by atoms with E-state index < -0.39 is 17.7 Å². The molecule has 0 radical (unpaired) electrons. The second-order valence-electron chi connectivity index (χ2n) is 5.78. The van der Waals surface area contributed by atoms with Crippen molar-refractivity contribution in [2.75, 3.05) is 13.1 Å². The minimum absolute atomic E-state index is 0.0267. The number of carbonyl (C=O) groups excluding carboxylic acids is 1. The second kappa shape index (κ2) is 5.40. The maximum absolute atomic E-state index is 13.3. The number of aliphatic carboxylic acids is 1. The lowest BCUT2D eigenvalue weighted by Gasteiger charge is -2.17. The molecule has 1 aromatic rings. The number of carboxylic acids is 1. The molecule has 0 unspecified atom stereocenters. The molecule has 1 N–H and O–H groups in total. The summed E-state index contributed by atoms with van der Waals surface area (Å²) in [5.41, 5.74) is 0.246. The van der Waals surface area contributed by atoms with Gasteiger partial charge < -0.3 is 10.0 Å². The summed E-state index contributed by atoms with van der Waals surface area (Å²) < 4.78 is 13.9. The van der Waals surface area contributed by atoms with Crippen LogP contribution in [0.3, 0.4) is 0 Å². The maximum atomic E-state index is 13.3. The Bertz CT molecular complexity index is 603. The van der Waals surface area contributed by atoms with Gasteiger partial charge in [0.25, 0.3) is 5.91 Å². The van der Waals surface area contributed by atoms with Crippen molar-refractivity contribution in [3.8, 4) is 0 Å². The van der Waals surface area contributed by atoms with Crippen LogP contribution in [0.25, 0.3) is 0 Å². The largest absolute Gasteiger partial charge is 0.481 e. The summed E-state index contributed by atoms with van der Waals surface area (Å²) >= 11 is 3.25. The Kier molecular flexibility index (Phi) is 3.73. The number of nitrogens with zero attached hydrogens (tertiary/aromatic N) is 1. The second-order valence-corrected chi connectivity index (χ2v) is 6.63. The SMILES string of the molecule is O=C(O)[C@H]1CN(C(=O)c2cc(F)ccc2Br)C[C@@H]1C1CC1. The molecule has 0 spiro atoms. The van der Waals surface area contributed by atoms with E-state index in [0.717, 1.165) is 12.8 Å². The highest BCUT2D eigenvalue weighted by Gasteiger charge is 2.47. The molecule has 1 aromatic carbocycles. The molecule has 2 atom stereocenters. The van der Waals surface area contributed by atoms with Gasteiger partial charge in [-0.15, -0.1) is 0 Å². The first kappa shape index (κ1) is 14.5. The number of carboxylic acid groups (broad SMARTS) is 1. The van der Waals surface area contributed by atoms with Gasteiger partial charge in [0, 0.05) is 17.6 Å². The van der Waals surface area contributed by atoms with E-state index in [9.17, 15) is 19.1 Å². The zero-order valence-corrected chi connectivity index (χ0v) is 12.8. The van der Waals surface area contributed by atoms with Crippen molar-refractivity contribution in [1.29, 1.82) is 0 Å². The molecule has 1 saturated carbocycles. The summed E-state index contributed by atoms with van der Waals surface area (Å²) in [5.74, 6) is -1.70. The third-order valence-corrected chi connectivity index (χ3v) is 5.05. The number of hydrogen-bond acceptors (Lipinski definition) is 2. The molecule has 0 aromatic heterocycles. The van der Waals surface area contributed by atoms with Gasteiger partial charge >= 0.3 is 5.97 Å². The smallest absolute Gasteiger partial charge is 0.308 e. The van der Waals surface area contributed by atoms with Gasteiger partial charge in [-0.05, 0) is 58.8 Å². The lowest BCUT2D eigenvalue weighted by atomic mass is 9.92. The number of likely N-dealkylation sites (tertiary alicyclic amines) is 1. The summed E-state index contributed by atoms with van der Waals surface area (Å²) in [6, 6.07) is 3.95. The number of carbonyl (C=O) groups is 2. The molecule has 1 saturated heterocycles. The highest BCUT2D eigenvalue weighted by Crippen LogP contribution is 2.44. The fourth-order valence-corrected chi connectivity index (χ4v) is 3.51. The summed E-state index contributed by atoms with van der Waals surface area (Å²) in [6.07, 6.45) is 2.08. The fraction of sp³-hybridized carbons (Fsp3) is 0.467. The summed E-state index contributed by atoms with van der Waals surface area (Å²) in [6.45, 7) is 0.654. The highest BCUT2D eigenvalue weighted by atomic mass is 79.9. The molecule has 21 heavy (non-hydrogen) atoms. The normalized spacial score (nSPS) is 25.1. The molecule has 0 bridgehead atoms. The van der Waals surface area contributed by atoms with E-state index in [1.807, 2.05) is 0 Å². The lowest BCUT2D eigenvalue weighted by Crippen LogP contribution is -2.30. The number of benzene rings is 1. The quantitative estimate of drug-likeness (QED) is 0.906. The van der Waals surface area contributed by atoms with Gasteiger partial charge in [0.05, 0.1) is 11.5 Å². The number of rotatable bonds is 3. The minimum Gasteiger partial charge on any atom is -0.481 e. The zero-order chi connectivity index (χ0) is 15.1. The first-order valence-electron chi connectivity index (χ1n) is 6.94.